The molecule has 0 aromatic heterocycles. The summed E-state index contributed by atoms with van der Waals surface area (Å²) in [4.78, 5) is 20.7. The molecule has 2 aromatic carbocycles. The highest BCUT2D eigenvalue weighted by atomic mass is 35.5. The third-order valence-corrected chi connectivity index (χ3v) is 5.43. The van der Waals surface area contributed by atoms with Crippen molar-refractivity contribution < 1.29 is 9.18 Å². The van der Waals surface area contributed by atoms with E-state index in [9.17, 15) is 9.18 Å². The lowest BCUT2D eigenvalue weighted by molar-refractivity contribution is -0.123. The zero-order valence-electron chi connectivity index (χ0n) is 14.2. The van der Waals surface area contributed by atoms with Gasteiger partial charge < -0.3 is 4.90 Å². The molecule has 0 unspecified atom stereocenters. The first-order valence-corrected chi connectivity index (χ1v) is 9.05. The fourth-order valence-corrected chi connectivity index (χ4v) is 4.03. The van der Waals surface area contributed by atoms with Gasteiger partial charge in [0.1, 0.15) is 11.4 Å². The van der Waals surface area contributed by atoms with E-state index in [1.807, 2.05) is 18.2 Å². The summed E-state index contributed by atoms with van der Waals surface area (Å²) in [6.07, 6.45) is 2.81. The van der Waals surface area contributed by atoms with E-state index in [1.54, 1.807) is 11.0 Å². The molecule has 1 amide bonds. The van der Waals surface area contributed by atoms with E-state index in [2.05, 4.69) is 22.0 Å². The van der Waals surface area contributed by atoms with Crippen molar-refractivity contribution in [1.82, 2.24) is 4.90 Å². The predicted octanol–water partition coefficient (Wildman–Crippen LogP) is 3.89. The van der Waals surface area contributed by atoms with Gasteiger partial charge in [-0.15, -0.1) is 0 Å². The largest absolute Gasteiger partial charge is 0.317 e. The molecule has 0 atom stereocenters. The van der Waals surface area contributed by atoms with E-state index < -0.39 is 11.4 Å². The van der Waals surface area contributed by atoms with Gasteiger partial charge in [-0.1, -0.05) is 41.9 Å². The number of halogens is 2. The third-order valence-electron chi connectivity index (χ3n) is 5.21. The molecule has 1 spiro atoms. The summed E-state index contributed by atoms with van der Waals surface area (Å²) in [6.45, 7) is 2.42. The molecule has 2 aromatic rings. The molecule has 4 rings (SSSR count). The maximum atomic E-state index is 13.8. The van der Waals surface area contributed by atoms with E-state index in [4.69, 9.17) is 11.6 Å². The van der Waals surface area contributed by atoms with Crippen LogP contribution in [0.3, 0.4) is 0 Å². The summed E-state index contributed by atoms with van der Waals surface area (Å²) in [7, 11) is 0. The molecule has 0 N–H and O–H groups in total. The van der Waals surface area contributed by atoms with Crippen LogP contribution in [-0.2, 0) is 11.3 Å². The van der Waals surface area contributed by atoms with Crippen LogP contribution in [-0.4, -0.2) is 35.8 Å². The zero-order chi connectivity index (χ0) is 18.1. The SMILES string of the molecule is O=C1N=CN(c2cc(F)cc(Cl)c2)C12CCN(Cc1ccccc1)CC2. The van der Waals surface area contributed by atoms with Gasteiger partial charge >= 0.3 is 0 Å². The number of nitrogens with zero attached hydrogens (tertiary/aromatic N) is 3. The molecule has 2 aliphatic rings. The zero-order valence-corrected chi connectivity index (χ0v) is 15.0. The number of anilines is 1. The van der Waals surface area contributed by atoms with Gasteiger partial charge in [0.15, 0.2) is 0 Å². The minimum atomic E-state index is -0.732. The average Bonchev–Trinajstić information content (AvgIpc) is 2.93. The van der Waals surface area contributed by atoms with Gasteiger partial charge in [0, 0.05) is 30.3 Å². The van der Waals surface area contributed by atoms with Crippen LogP contribution in [0.1, 0.15) is 18.4 Å². The van der Waals surface area contributed by atoms with E-state index in [0.717, 1.165) is 19.6 Å². The third kappa shape index (κ3) is 3.13. The highest BCUT2D eigenvalue weighted by Gasteiger charge is 2.49. The smallest absolute Gasteiger partial charge is 0.273 e. The van der Waals surface area contributed by atoms with Crippen LogP contribution in [0, 0.1) is 5.82 Å². The van der Waals surface area contributed by atoms with Gasteiger partial charge in [-0.05, 0) is 36.6 Å². The fraction of sp³-hybridized carbons (Fsp3) is 0.300. The first-order valence-electron chi connectivity index (χ1n) is 8.67. The number of carbonyl (C=O) groups is 1. The number of amides is 1. The summed E-state index contributed by atoms with van der Waals surface area (Å²) >= 11 is 6.00. The number of carbonyl (C=O) groups excluding carboxylic acids is 1. The summed E-state index contributed by atoms with van der Waals surface area (Å²) in [5.74, 6) is -0.575. The molecule has 1 saturated heterocycles. The second kappa shape index (κ2) is 6.82. The quantitative estimate of drug-likeness (QED) is 0.821. The van der Waals surface area contributed by atoms with Gasteiger partial charge in [-0.25, -0.2) is 9.38 Å². The van der Waals surface area contributed by atoms with E-state index >= 15 is 0 Å². The Morgan fingerprint density at radius 2 is 1.85 bits per heavy atom. The van der Waals surface area contributed by atoms with Crippen molar-refractivity contribution in [2.75, 3.05) is 18.0 Å². The van der Waals surface area contributed by atoms with Gasteiger partial charge in [0.25, 0.3) is 5.91 Å². The molecule has 2 heterocycles. The maximum absolute atomic E-state index is 13.8. The highest BCUT2D eigenvalue weighted by molar-refractivity contribution is 6.31. The van der Waals surface area contributed by atoms with Crippen molar-refractivity contribution >= 4 is 29.5 Å². The molecular formula is C20H19ClFN3O. The molecule has 26 heavy (non-hydrogen) atoms. The Labute approximate surface area is 156 Å². The number of piperidine rings is 1. The molecule has 0 radical (unpaired) electrons. The van der Waals surface area contributed by atoms with Crippen LogP contribution < -0.4 is 4.90 Å². The number of benzene rings is 2. The Morgan fingerprint density at radius 1 is 1.12 bits per heavy atom. The van der Waals surface area contributed by atoms with Crippen LogP contribution >= 0.6 is 11.6 Å². The van der Waals surface area contributed by atoms with Crippen LogP contribution in [0.4, 0.5) is 10.1 Å². The van der Waals surface area contributed by atoms with E-state index in [0.29, 0.717) is 23.6 Å². The van der Waals surface area contributed by atoms with Crippen LogP contribution in [0.5, 0.6) is 0 Å². The molecule has 0 bridgehead atoms. The lowest BCUT2D eigenvalue weighted by Gasteiger charge is -2.43. The number of hydrogen-bond acceptors (Lipinski definition) is 3. The Bertz CT molecular complexity index is 827. The van der Waals surface area contributed by atoms with Crippen molar-refractivity contribution in [2.45, 2.75) is 24.9 Å². The van der Waals surface area contributed by atoms with Crippen molar-refractivity contribution in [3.05, 3.63) is 64.9 Å². The fourth-order valence-electron chi connectivity index (χ4n) is 3.81. The van der Waals surface area contributed by atoms with E-state index in [1.165, 1.54) is 24.0 Å². The predicted molar refractivity (Wildman–Crippen MR) is 101 cm³/mol. The van der Waals surface area contributed by atoms with E-state index in [-0.39, 0.29) is 5.91 Å². The lowest BCUT2D eigenvalue weighted by atomic mass is 9.85. The molecule has 1 fully saturated rings. The number of likely N-dealkylation sites (tertiary alicyclic amines) is 1. The molecule has 134 valence electrons. The lowest BCUT2D eigenvalue weighted by Crippen LogP contribution is -2.56. The monoisotopic (exact) mass is 371 g/mol. The molecule has 2 aliphatic heterocycles. The average molecular weight is 372 g/mol. The van der Waals surface area contributed by atoms with Crippen molar-refractivity contribution in [2.24, 2.45) is 4.99 Å². The minimum absolute atomic E-state index is 0.155. The van der Waals surface area contributed by atoms with Crippen molar-refractivity contribution in [3.63, 3.8) is 0 Å². The first kappa shape index (κ1) is 17.2. The Hall–Kier alpha value is -2.24. The normalized spacial score (nSPS) is 19.5. The van der Waals surface area contributed by atoms with Gasteiger partial charge in [-0.2, -0.15) is 0 Å². The number of rotatable bonds is 3. The van der Waals surface area contributed by atoms with Crippen LogP contribution in [0.2, 0.25) is 5.02 Å². The second-order valence-corrected chi connectivity index (χ2v) is 7.28. The molecule has 0 aliphatic carbocycles. The van der Waals surface area contributed by atoms with Gasteiger partial charge in [0.2, 0.25) is 0 Å². The minimum Gasteiger partial charge on any atom is -0.317 e. The molecule has 4 nitrogen and oxygen atoms in total. The van der Waals surface area contributed by atoms with Crippen LogP contribution in [0.15, 0.2) is 53.5 Å². The Kier molecular flexibility index (Phi) is 4.51. The Morgan fingerprint density at radius 3 is 2.54 bits per heavy atom. The second-order valence-electron chi connectivity index (χ2n) is 6.84. The Balaban J connectivity index is 1.53. The van der Waals surface area contributed by atoms with Gasteiger partial charge in [0.05, 0.1) is 6.34 Å². The topological polar surface area (TPSA) is 35.9 Å². The molecular weight excluding hydrogens is 353 g/mol. The summed E-state index contributed by atoms with van der Waals surface area (Å²) in [5.41, 5.74) is 1.09. The first-order chi connectivity index (χ1) is 12.6. The highest BCUT2D eigenvalue weighted by Crippen LogP contribution is 2.38. The standard InChI is InChI=1S/C20H19ClFN3O/c21-16-10-17(22)12-18(11-16)25-14-23-19(26)20(25)6-8-24(9-7-20)13-15-4-2-1-3-5-15/h1-5,10-12,14H,6-9,13H2. The maximum Gasteiger partial charge on any atom is 0.273 e. The van der Waals surface area contributed by atoms with Crippen LogP contribution in [0.25, 0.3) is 0 Å². The van der Waals surface area contributed by atoms with Crippen molar-refractivity contribution in [3.8, 4) is 0 Å². The summed E-state index contributed by atoms with van der Waals surface area (Å²) in [6, 6.07) is 14.6. The number of hydrogen-bond donors (Lipinski definition) is 0. The van der Waals surface area contributed by atoms with Crippen molar-refractivity contribution in [1.29, 1.82) is 0 Å². The summed E-state index contributed by atoms with van der Waals surface area (Å²) in [5, 5.41) is 0.310. The van der Waals surface area contributed by atoms with Gasteiger partial charge in [-0.3, -0.25) is 9.69 Å². The summed E-state index contributed by atoms with van der Waals surface area (Å²) < 4.78 is 13.8. The molecule has 0 saturated carbocycles. The number of aliphatic imine (C=N–C) groups is 1. The molecule has 6 heteroatoms.